The molecular formula is C27H44N4O2. The van der Waals surface area contributed by atoms with E-state index in [-0.39, 0.29) is 5.69 Å². The van der Waals surface area contributed by atoms with E-state index in [1.807, 2.05) is 30.3 Å². The lowest BCUT2D eigenvalue weighted by Gasteiger charge is -2.04. The molecule has 6 nitrogen and oxygen atoms in total. The fourth-order valence-corrected chi connectivity index (χ4v) is 4.12. The lowest BCUT2D eigenvalue weighted by Crippen LogP contribution is -2.29. The van der Waals surface area contributed by atoms with Crippen LogP contribution in [0.25, 0.3) is 5.69 Å². The smallest absolute Gasteiger partial charge is 0.297 e. The van der Waals surface area contributed by atoms with E-state index in [9.17, 15) is 9.59 Å². The van der Waals surface area contributed by atoms with Gasteiger partial charge in [-0.2, -0.15) is 4.80 Å². The first-order valence-corrected chi connectivity index (χ1v) is 13.3. The Morgan fingerprint density at radius 3 is 1.79 bits per heavy atom. The summed E-state index contributed by atoms with van der Waals surface area (Å²) in [6.45, 7) is 2.85. The van der Waals surface area contributed by atoms with Gasteiger partial charge in [-0.25, -0.2) is 5.10 Å². The Morgan fingerprint density at radius 1 is 0.788 bits per heavy atom. The minimum absolute atomic E-state index is 0.0876. The van der Waals surface area contributed by atoms with Crippen molar-refractivity contribution in [2.75, 3.05) is 6.54 Å². The number of aromatic nitrogens is 3. The highest BCUT2D eigenvalue weighted by Gasteiger charge is 2.15. The average molecular weight is 457 g/mol. The number of aromatic amines is 1. The van der Waals surface area contributed by atoms with Crippen molar-refractivity contribution in [3.8, 4) is 5.69 Å². The van der Waals surface area contributed by atoms with Gasteiger partial charge in [0.25, 0.3) is 11.5 Å². The van der Waals surface area contributed by atoms with Crippen molar-refractivity contribution in [3.05, 3.63) is 46.4 Å². The number of unbranched alkanes of at least 4 members (excludes halogenated alkanes) is 15. The number of hydrogen-bond acceptors (Lipinski definition) is 3. The molecular weight excluding hydrogens is 412 g/mol. The zero-order valence-electron chi connectivity index (χ0n) is 20.6. The lowest BCUT2D eigenvalue weighted by atomic mass is 10.0. The third kappa shape index (κ3) is 11.4. The van der Waals surface area contributed by atoms with Crippen molar-refractivity contribution in [2.24, 2.45) is 0 Å². The maximum absolute atomic E-state index is 12.3. The summed E-state index contributed by atoms with van der Waals surface area (Å²) < 4.78 is 0. The van der Waals surface area contributed by atoms with Crippen molar-refractivity contribution in [3.63, 3.8) is 0 Å². The first-order valence-electron chi connectivity index (χ1n) is 13.3. The summed E-state index contributed by atoms with van der Waals surface area (Å²) in [4.78, 5) is 25.6. The van der Waals surface area contributed by atoms with E-state index in [1.165, 1.54) is 94.7 Å². The monoisotopic (exact) mass is 456 g/mol. The Balaban J connectivity index is 1.42. The Hall–Kier alpha value is -2.37. The quantitative estimate of drug-likeness (QED) is 0.235. The molecule has 1 aromatic carbocycles. The van der Waals surface area contributed by atoms with Crippen LogP contribution in [0.1, 0.15) is 120 Å². The minimum Gasteiger partial charge on any atom is -0.350 e. The first kappa shape index (κ1) is 26.9. The maximum Gasteiger partial charge on any atom is 0.297 e. The predicted octanol–water partition coefficient (Wildman–Crippen LogP) is 6.55. The van der Waals surface area contributed by atoms with Gasteiger partial charge in [-0.3, -0.25) is 9.59 Å². The number of nitrogens with zero attached hydrogens (tertiary/aromatic N) is 2. The van der Waals surface area contributed by atoms with E-state index in [0.717, 1.165) is 12.8 Å². The second-order valence-electron chi connectivity index (χ2n) is 9.10. The molecule has 184 valence electrons. The molecule has 0 bridgehead atoms. The number of amides is 1. The van der Waals surface area contributed by atoms with Crippen LogP contribution in [0.15, 0.2) is 35.1 Å². The van der Waals surface area contributed by atoms with Gasteiger partial charge >= 0.3 is 0 Å². The van der Waals surface area contributed by atoms with E-state index < -0.39 is 11.5 Å². The van der Waals surface area contributed by atoms with Crippen LogP contribution >= 0.6 is 0 Å². The zero-order chi connectivity index (χ0) is 23.6. The molecule has 33 heavy (non-hydrogen) atoms. The van der Waals surface area contributed by atoms with Gasteiger partial charge in [0, 0.05) is 6.54 Å². The van der Waals surface area contributed by atoms with Crippen molar-refractivity contribution in [1.82, 2.24) is 20.3 Å². The van der Waals surface area contributed by atoms with Crippen LogP contribution in [0.3, 0.4) is 0 Å². The minimum atomic E-state index is -0.469. The molecule has 2 N–H and O–H groups in total. The topological polar surface area (TPSA) is 79.8 Å². The number of nitrogens with one attached hydrogen (secondary N) is 2. The van der Waals surface area contributed by atoms with Gasteiger partial charge in [0.1, 0.15) is 0 Å². The molecule has 2 aromatic rings. The maximum atomic E-state index is 12.3. The highest BCUT2D eigenvalue weighted by atomic mass is 16.2. The number of carbonyl (C=O) groups is 1. The van der Waals surface area contributed by atoms with Gasteiger partial charge in [-0.1, -0.05) is 121 Å². The van der Waals surface area contributed by atoms with Crippen LogP contribution in [-0.2, 0) is 0 Å². The molecule has 0 unspecified atom stereocenters. The molecule has 0 spiro atoms. The van der Waals surface area contributed by atoms with Crippen LogP contribution < -0.4 is 10.9 Å². The van der Waals surface area contributed by atoms with E-state index >= 15 is 0 Å². The normalized spacial score (nSPS) is 11.1. The number of benzene rings is 1. The summed E-state index contributed by atoms with van der Waals surface area (Å²) in [5.41, 5.74) is 0.158. The second kappa shape index (κ2) is 17.2. The molecule has 1 aromatic heterocycles. The third-order valence-corrected chi connectivity index (χ3v) is 6.15. The van der Waals surface area contributed by atoms with E-state index in [2.05, 4.69) is 22.4 Å². The van der Waals surface area contributed by atoms with Crippen LogP contribution in [0.2, 0.25) is 0 Å². The largest absolute Gasteiger partial charge is 0.350 e. The summed E-state index contributed by atoms with van der Waals surface area (Å²) in [6, 6.07) is 9.23. The molecule has 0 atom stereocenters. The number of H-pyrrole nitrogens is 1. The Bertz CT molecular complexity index is 813. The SMILES string of the molecule is CCCCCCCCCCCCCCCCCCNC(=O)c1nn(-c2ccccc2)[nH]c1=O. The van der Waals surface area contributed by atoms with Crippen LogP contribution in [0.5, 0.6) is 0 Å². The molecule has 0 radical (unpaired) electrons. The summed E-state index contributed by atoms with van der Waals surface area (Å²) in [7, 11) is 0. The van der Waals surface area contributed by atoms with E-state index in [4.69, 9.17) is 0 Å². The van der Waals surface area contributed by atoms with Crippen molar-refractivity contribution in [1.29, 1.82) is 0 Å². The number of rotatable bonds is 19. The zero-order valence-corrected chi connectivity index (χ0v) is 20.6. The van der Waals surface area contributed by atoms with E-state index in [0.29, 0.717) is 12.2 Å². The standard InChI is InChI=1S/C27H44N4O2/c1-2-3-4-5-6-7-8-9-10-11-12-13-14-15-16-20-23-28-26(32)25-27(33)30-31(29-25)24-21-18-17-19-22-24/h17-19,21-22H,2-16,20,23H2,1H3,(H,28,32)(H,30,33). The van der Waals surface area contributed by atoms with Gasteiger partial charge in [-0.15, -0.1) is 5.10 Å². The summed E-state index contributed by atoms with van der Waals surface area (Å²) in [6.07, 6.45) is 21.2. The summed E-state index contributed by atoms with van der Waals surface area (Å²) in [5, 5.41) is 9.52. The third-order valence-electron chi connectivity index (χ3n) is 6.15. The molecule has 0 aliphatic rings. The summed E-state index contributed by atoms with van der Waals surface area (Å²) >= 11 is 0. The number of hydrogen-bond donors (Lipinski definition) is 2. The van der Waals surface area contributed by atoms with E-state index in [1.54, 1.807) is 0 Å². The highest BCUT2D eigenvalue weighted by Crippen LogP contribution is 2.13. The van der Waals surface area contributed by atoms with Crippen LogP contribution in [0, 0.1) is 0 Å². The fourth-order valence-electron chi connectivity index (χ4n) is 4.12. The Labute approximate surface area is 199 Å². The molecule has 0 aliphatic carbocycles. The van der Waals surface area contributed by atoms with Crippen LogP contribution in [-0.4, -0.2) is 27.4 Å². The van der Waals surface area contributed by atoms with Gasteiger partial charge < -0.3 is 5.32 Å². The number of para-hydroxylation sites is 1. The van der Waals surface area contributed by atoms with Gasteiger partial charge in [-0.05, 0) is 18.6 Å². The van der Waals surface area contributed by atoms with Crippen molar-refractivity contribution < 1.29 is 4.79 Å². The molecule has 0 fully saturated rings. The Morgan fingerprint density at radius 2 is 1.27 bits per heavy atom. The molecule has 0 aliphatic heterocycles. The van der Waals surface area contributed by atoms with Crippen molar-refractivity contribution in [2.45, 2.75) is 110 Å². The first-order chi connectivity index (χ1) is 16.2. The lowest BCUT2D eigenvalue weighted by molar-refractivity contribution is 0.0946. The van der Waals surface area contributed by atoms with Gasteiger partial charge in [0.2, 0.25) is 5.69 Å². The second-order valence-corrected chi connectivity index (χ2v) is 9.10. The number of carbonyl (C=O) groups excluding carboxylic acids is 1. The highest BCUT2D eigenvalue weighted by molar-refractivity contribution is 5.91. The fraction of sp³-hybridized carbons (Fsp3) is 0.667. The van der Waals surface area contributed by atoms with Gasteiger partial charge in [0.15, 0.2) is 0 Å². The molecule has 6 heteroatoms. The molecule has 1 amide bonds. The summed E-state index contributed by atoms with van der Waals surface area (Å²) in [5.74, 6) is -0.410. The van der Waals surface area contributed by atoms with Gasteiger partial charge in [0.05, 0.1) is 5.69 Å². The van der Waals surface area contributed by atoms with Crippen molar-refractivity contribution >= 4 is 5.91 Å². The molecule has 2 rings (SSSR count). The van der Waals surface area contributed by atoms with Crippen LogP contribution in [0.4, 0.5) is 0 Å². The predicted molar refractivity (Wildman–Crippen MR) is 136 cm³/mol. The average Bonchev–Trinajstić information content (AvgIpc) is 3.23. The molecule has 0 saturated carbocycles. The molecule has 0 saturated heterocycles. The molecule has 1 heterocycles. The Kier molecular flexibility index (Phi) is 14.0.